The third-order valence-electron chi connectivity index (χ3n) is 7.12. The Kier molecular flexibility index (Phi) is 13.8. The highest BCUT2D eigenvalue weighted by atomic mass is 32.2. The zero-order chi connectivity index (χ0) is 34.8. The Morgan fingerprint density at radius 2 is 1.50 bits per heavy atom. The number of carbonyl (C=O) groups excluding carboxylic acids is 3. The molecule has 0 fully saturated rings. The average molecular weight is 662 g/mol. The molecule has 0 bridgehead atoms. The third kappa shape index (κ3) is 11.5. The van der Waals surface area contributed by atoms with Crippen molar-refractivity contribution in [3.8, 4) is 0 Å². The van der Waals surface area contributed by atoms with Crippen LogP contribution in [0, 0.1) is 27.4 Å². The molecule has 4 N–H and O–H groups in total. The number of nitrogens with one attached hydrogen (secondary N) is 3. The molecule has 13 nitrogen and oxygen atoms in total. The number of aliphatic hydroxyl groups excluding tert-OH is 1. The number of benzene rings is 2. The minimum absolute atomic E-state index is 0.0329. The lowest BCUT2D eigenvalue weighted by Crippen LogP contribution is -2.59. The van der Waals surface area contributed by atoms with Gasteiger partial charge >= 0.3 is 0 Å². The molecule has 3 atom stereocenters. The summed E-state index contributed by atoms with van der Waals surface area (Å²) in [6.45, 7) is 11.6. The van der Waals surface area contributed by atoms with Crippen LogP contribution in [0.5, 0.6) is 0 Å². The number of hydrogen-bond acceptors (Lipinski definition) is 8. The summed E-state index contributed by atoms with van der Waals surface area (Å²) in [5.74, 6) is -1.94. The number of rotatable bonds is 16. The van der Waals surface area contributed by atoms with E-state index in [9.17, 15) is 38.0 Å². The average Bonchev–Trinajstić information content (AvgIpc) is 2.97. The molecule has 254 valence electrons. The predicted molar refractivity (Wildman–Crippen MR) is 174 cm³/mol. The fraction of sp³-hybridized carbons (Fsp3) is 0.531. The van der Waals surface area contributed by atoms with Crippen molar-refractivity contribution in [3.63, 3.8) is 0 Å². The highest BCUT2D eigenvalue weighted by Gasteiger charge is 2.36. The Bertz CT molecular complexity index is 1440. The molecule has 2 aromatic rings. The molecule has 3 unspecified atom stereocenters. The van der Waals surface area contributed by atoms with Crippen molar-refractivity contribution in [2.24, 2.45) is 17.3 Å². The van der Waals surface area contributed by atoms with Crippen LogP contribution in [0.2, 0.25) is 0 Å². The van der Waals surface area contributed by atoms with Crippen LogP contribution in [0.15, 0.2) is 59.5 Å². The van der Waals surface area contributed by atoms with Crippen molar-refractivity contribution in [2.45, 2.75) is 78.0 Å². The molecule has 0 aromatic heterocycles. The molecule has 0 aliphatic heterocycles. The van der Waals surface area contributed by atoms with Gasteiger partial charge in [0.2, 0.25) is 27.7 Å². The highest BCUT2D eigenvalue weighted by Crippen LogP contribution is 2.23. The number of amides is 3. The van der Waals surface area contributed by atoms with E-state index in [1.807, 2.05) is 32.0 Å². The van der Waals surface area contributed by atoms with Crippen molar-refractivity contribution in [1.82, 2.24) is 20.3 Å². The molecule has 0 radical (unpaired) electrons. The molecule has 46 heavy (non-hydrogen) atoms. The molecule has 0 spiro atoms. The zero-order valence-corrected chi connectivity index (χ0v) is 28.3. The van der Waals surface area contributed by atoms with E-state index in [0.29, 0.717) is 0 Å². The van der Waals surface area contributed by atoms with Gasteiger partial charge in [-0.2, -0.15) is 4.31 Å². The van der Waals surface area contributed by atoms with Gasteiger partial charge in [-0.05, 0) is 35.4 Å². The fourth-order valence-corrected chi connectivity index (χ4v) is 6.20. The van der Waals surface area contributed by atoms with Gasteiger partial charge in [-0.15, -0.1) is 0 Å². The number of nitro benzene ring substituents is 1. The zero-order valence-electron chi connectivity index (χ0n) is 27.5. The van der Waals surface area contributed by atoms with Crippen LogP contribution in [-0.4, -0.2) is 78.3 Å². The summed E-state index contributed by atoms with van der Waals surface area (Å²) in [4.78, 5) is 48.7. The summed E-state index contributed by atoms with van der Waals surface area (Å²) >= 11 is 0. The molecule has 0 heterocycles. The first kappa shape index (κ1) is 38.3. The molecule has 2 rings (SSSR count). The quantitative estimate of drug-likeness (QED) is 0.156. The minimum atomic E-state index is -4.20. The molecule has 0 aliphatic carbocycles. The summed E-state index contributed by atoms with van der Waals surface area (Å²) in [5, 5.41) is 30.7. The van der Waals surface area contributed by atoms with Crippen molar-refractivity contribution < 1.29 is 32.8 Å². The number of aliphatic hydroxyl groups is 1. The third-order valence-corrected chi connectivity index (χ3v) is 8.96. The Morgan fingerprint density at radius 3 is 2.00 bits per heavy atom. The number of hydrogen-bond donors (Lipinski definition) is 4. The second-order valence-corrected chi connectivity index (χ2v) is 15.0. The van der Waals surface area contributed by atoms with E-state index in [-0.39, 0.29) is 54.4 Å². The van der Waals surface area contributed by atoms with Crippen LogP contribution >= 0.6 is 0 Å². The number of nitrogens with zero attached hydrogens (tertiary/aromatic N) is 2. The maximum atomic E-state index is 13.7. The molecule has 3 amide bonds. The van der Waals surface area contributed by atoms with Crippen molar-refractivity contribution in [1.29, 1.82) is 0 Å². The molecular formula is C32H47N5O8S. The van der Waals surface area contributed by atoms with Gasteiger partial charge in [0.1, 0.15) is 6.04 Å². The lowest BCUT2D eigenvalue weighted by molar-refractivity contribution is -0.384. The molecule has 0 saturated carbocycles. The van der Waals surface area contributed by atoms with Gasteiger partial charge in [-0.3, -0.25) is 24.5 Å². The number of nitro groups is 1. The molecule has 14 heteroatoms. The van der Waals surface area contributed by atoms with Crippen LogP contribution in [0.3, 0.4) is 0 Å². The van der Waals surface area contributed by atoms with Crippen LogP contribution < -0.4 is 16.0 Å². The van der Waals surface area contributed by atoms with Crippen LogP contribution in [-0.2, 0) is 30.8 Å². The van der Waals surface area contributed by atoms with E-state index in [1.165, 1.54) is 0 Å². The van der Waals surface area contributed by atoms with Crippen LogP contribution in [0.25, 0.3) is 0 Å². The lowest BCUT2D eigenvalue weighted by Gasteiger charge is -2.34. The first-order chi connectivity index (χ1) is 21.3. The Hall–Kier alpha value is -3.88. The largest absolute Gasteiger partial charge is 0.390 e. The summed E-state index contributed by atoms with van der Waals surface area (Å²) in [6.07, 6.45) is -1.24. The van der Waals surface area contributed by atoms with Gasteiger partial charge in [0.15, 0.2) is 0 Å². The summed E-state index contributed by atoms with van der Waals surface area (Å²) < 4.78 is 28.5. The van der Waals surface area contributed by atoms with Gasteiger partial charge < -0.3 is 21.1 Å². The van der Waals surface area contributed by atoms with Gasteiger partial charge in [-0.1, -0.05) is 78.8 Å². The van der Waals surface area contributed by atoms with Crippen LogP contribution in [0.1, 0.15) is 54.0 Å². The monoisotopic (exact) mass is 661 g/mol. The normalized spacial score (nSPS) is 14.1. The lowest BCUT2D eigenvalue weighted by atomic mass is 9.85. The molecule has 0 aliphatic rings. The van der Waals surface area contributed by atoms with Gasteiger partial charge in [0, 0.05) is 31.1 Å². The predicted octanol–water partition coefficient (Wildman–Crippen LogP) is 2.63. The fourth-order valence-electron chi connectivity index (χ4n) is 4.58. The first-order valence-electron chi connectivity index (χ1n) is 15.2. The summed E-state index contributed by atoms with van der Waals surface area (Å²) in [5.41, 5.74) is -0.261. The first-order valence-corrected chi connectivity index (χ1v) is 16.6. The highest BCUT2D eigenvalue weighted by molar-refractivity contribution is 7.89. The molecule has 0 saturated heterocycles. The number of non-ortho nitro benzene ring substituents is 1. The van der Waals surface area contributed by atoms with E-state index < -0.39 is 50.4 Å². The number of sulfonamides is 1. The Balaban J connectivity index is 2.38. The van der Waals surface area contributed by atoms with Crippen molar-refractivity contribution >= 4 is 33.4 Å². The summed E-state index contributed by atoms with van der Waals surface area (Å²) in [7, 11) is -4.20. The maximum Gasteiger partial charge on any atom is 0.269 e. The second-order valence-electron chi connectivity index (χ2n) is 13.1. The van der Waals surface area contributed by atoms with Crippen molar-refractivity contribution in [3.05, 3.63) is 70.3 Å². The van der Waals surface area contributed by atoms with E-state index in [2.05, 4.69) is 16.0 Å². The SMILES string of the molecule is CC(C)CN(CC(O)C(Cc1ccccc1)NC(=O)C(NC(=O)CNC(=O)C(C)C)C(C)(C)C)S(=O)(=O)c1ccc([N+](=O)[O-])cc1. The second kappa shape index (κ2) is 16.6. The standard InChI is InChI=1S/C32H47N5O8S/c1-21(2)19-36(46(44,45)25-15-13-24(14-16-25)37(42)43)20-27(38)26(17-23-11-9-8-10-12-23)34-31(41)29(32(5,6)7)35-28(39)18-33-30(40)22(3)4/h8-16,21-22,26-27,29,38H,17-20H2,1-7H3,(H,33,40)(H,34,41)(H,35,39). The van der Waals surface area contributed by atoms with Gasteiger partial charge in [0.05, 0.1) is 28.5 Å². The van der Waals surface area contributed by atoms with E-state index in [0.717, 1.165) is 34.1 Å². The van der Waals surface area contributed by atoms with Gasteiger partial charge in [-0.25, -0.2) is 8.42 Å². The van der Waals surface area contributed by atoms with Crippen molar-refractivity contribution in [2.75, 3.05) is 19.6 Å². The smallest absolute Gasteiger partial charge is 0.269 e. The Morgan fingerprint density at radius 1 is 0.913 bits per heavy atom. The molecule has 2 aromatic carbocycles. The van der Waals surface area contributed by atoms with E-state index in [1.54, 1.807) is 46.8 Å². The van der Waals surface area contributed by atoms with E-state index in [4.69, 9.17) is 0 Å². The number of carbonyl (C=O) groups is 3. The summed E-state index contributed by atoms with van der Waals surface area (Å²) in [6, 6.07) is 11.5. The van der Waals surface area contributed by atoms with E-state index >= 15 is 0 Å². The maximum absolute atomic E-state index is 13.7. The van der Waals surface area contributed by atoms with Gasteiger partial charge in [0.25, 0.3) is 5.69 Å². The topological polar surface area (TPSA) is 188 Å². The Labute approximate surface area is 271 Å². The minimum Gasteiger partial charge on any atom is -0.390 e. The van der Waals surface area contributed by atoms with Crippen LogP contribution in [0.4, 0.5) is 5.69 Å². The molecular weight excluding hydrogens is 614 g/mol.